The van der Waals surface area contributed by atoms with Gasteiger partial charge in [-0.1, -0.05) is 6.07 Å². The molecule has 2 N–H and O–H groups in total. The molecule has 0 aliphatic heterocycles. The Morgan fingerprint density at radius 3 is 2.79 bits per heavy atom. The van der Waals surface area contributed by atoms with E-state index in [4.69, 9.17) is 5.73 Å². The standard InChI is InChI=1S/C14H21FN2O2/c1-17(7-3-4-14(18)19-2)10-12-8-13(15)6-5-11(12)9-16/h5-6,8H,3-4,7,9-10,16H2,1-2H3. The van der Waals surface area contributed by atoms with Crippen LogP contribution < -0.4 is 5.73 Å². The molecule has 0 aliphatic rings. The highest BCUT2D eigenvalue weighted by atomic mass is 19.1. The van der Waals surface area contributed by atoms with Gasteiger partial charge < -0.3 is 15.4 Å². The van der Waals surface area contributed by atoms with Gasteiger partial charge in [-0.3, -0.25) is 4.79 Å². The van der Waals surface area contributed by atoms with E-state index in [2.05, 4.69) is 4.74 Å². The van der Waals surface area contributed by atoms with Crippen LogP contribution in [0.25, 0.3) is 0 Å². The summed E-state index contributed by atoms with van der Waals surface area (Å²) in [5.74, 6) is -0.461. The average molecular weight is 268 g/mol. The molecule has 19 heavy (non-hydrogen) atoms. The Kier molecular flexibility index (Phi) is 6.45. The van der Waals surface area contributed by atoms with E-state index in [1.54, 1.807) is 6.07 Å². The Morgan fingerprint density at radius 1 is 1.42 bits per heavy atom. The molecule has 0 aromatic heterocycles. The molecule has 0 aliphatic carbocycles. The molecule has 0 amide bonds. The number of methoxy groups -OCH3 is 1. The second-order valence-corrected chi connectivity index (χ2v) is 4.53. The van der Waals surface area contributed by atoms with Crippen LogP contribution in [0.4, 0.5) is 4.39 Å². The van der Waals surface area contributed by atoms with Crippen molar-refractivity contribution in [2.45, 2.75) is 25.9 Å². The number of hydrogen-bond acceptors (Lipinski definition) is 4. The van der Waals surface area contributed by atoms with Crippen LogP contribution in [0.5, 0.6) is 0 Å². The van der Waals surface area contributed by atoms with Crippen molar-refractivity contribution in [1.82, 2.24) is 4.90 Å². The zero-order valence-electron chi connectivity index (χ0n) is 11.5. The molecule has 0 fully saturated rings. The van der Waals surface area contributed by atoms with E-state index in [1.165, 1.54) is 19.2 Å². The molecule has 0 bridgehead atoms. The maximum Gasteiger partial charge on any atom is 0.305 e. The van der Waals surface area contributed by atoms with Gasteiger partial charge in [0.25, 0.3) is 0 Å². The van der Waals surface area contributed by atoms with Crippen molar-refractivity contribution in [1.29, 1.82) is 0 Å². The summed E-state index contributed by atoms with van der Waals surface area (Å²) in [6, 6.07) is 4.65. The number of nitrogens with two attached hydrogens (primary N) is 1. The second kappa shape index (κ2) is 7.86. The molecule has 5 heteroatoms. The van der Waals surface area contributed by atoms with E-state index in [9.17, 15) is 9.18 Å². The van der Waals surface area contributed by atoms with Crippen molar-refractivity contribution in [3.8, 4) is 0 Å². The fourth-order valence-electron chi connectivity index (χ4n) is 1.91. The molecule has 0 radical (unpaired) electrons. The molecule has 0 heterocycles. The van der Waals surface area contributed by atoms with Crippen LogP contribution >= 0.6 is 0 Å². The number of hydrogen-bond donors (Lipinski definition) is 1. The van der Waals surface area contributed by atoms with Gasteiger partial charge in [0.1, 0.15) is 5.82 Å². The van der Waals surface area contributed by atoms with E-state index >= 15 is 0 Å². The summed E-state index contributed by atoms with van der Waals surface area (Å²) >= 11 is 0. The van der Waals surface area contributed by atoms with Gasteiger partial charge in [-0.05, 0) is 43.3 Å². The van der Waals surface area contributed by atoms with E-state index in [0.29, 0.717) is 19.5 Å². The van der Waals surface area contributed by atoms with Gasteiger partial charge in [0.05, 0.1) is 7.11 Å². The first-order chi connectivity index (χ1) is 9.06. The lowest BCUT2D eigenvalue weighted by Crippen LogP contribution is -2.21. The lowest BCUT2D eigenvalue weighted by molar-refractivity contribution is -0.140. The van der Waals surface area contributed by atoms with E-state index in [1.807, 2.05) is 11.9 Å². The maximum absolute atomic E-state index is 13.2. The fraction of sp³-hybridized carbons (Fsp3) is 0.500. The van der Waals surface area contributed by atoms with Gasteiger partial charge in [-0.25, -0.2) is 4.39 Å². The van der Waals surface area contributed by atoms with Crippen molar-refractivity contribution in [3.63, 3.8) is 0 Å². The number of carbonyl (C=O) groups excluding carboxylic acids is 1. The molecule has 4 nitrogen and oxygen atoms in total. The summed E-state index contributed by atoms with van der Waals surface area (Å²) in [5, 5.41) is 0. The topological polar surface area (TPSA) is 55.6 Å². The van der Waals surface area contributed by atoms with Gasteiger partial charge >= 0.3 is 5.97 Å². The van der Waals surface area contributed by atoms with E-state index < -0.39 is 0 Å². The third kappa shape index (κ3) is 5.36. The average Bonchev–Trinajstić information content (AvgIpc) is 2.38. The summed E-state index contributed by atoms with van der Waals surface area (Å²) in [5.41, 5.74) is 7.47. The Morgan fingerprint density at radius 2 is 2.16 bits per heavy atom. The number of rotatable bonds is 7. The van der Waals surface area contributed by atoms with Crippen LogP contribution in [0, 0.1) is 5.82 Å². The van der Waals surface area contributed by atoms with Crippen LogP contribution in [0.2, 0.25) is 0 Å². The summed E-state index contributed by atoms with van der Waals surface area (Å²) in [7, 11) is 3.31. The Balaban J connectivity index is 2.49. The van der Waals surface area contributed by atoms with Crippen LogP contribution in [-0.2, 0) is 22.6 Å². The van der Waals surface area contributed by atoms with Gasteiger partial charge in [-0.2, -0.15) is 0 Å². The molecule has 0 saturated heterocycles. The zero-order valence-corrected chi connectivity index (χ0v) is 11.5. The van der Waals surface area contributed by atoms with Crippen molar-refractivity contribution in [2.24, 2.45) is 5.73 Å². The molecule has 1 rings (SSSR count). The Hall–Kier alpha value is -1.46. The fourth-order valence-corrected chi connectivity index (χ4v) is 1.91. The number of esters is 1. The van der Waals surface area contributed by atoms with Crippen LogP contribution in [0.1, 0.15) is 24.0 Å². The molecule has 106 valence electrons. The van der Waals surface area contributed by atoms with Crippen LogP contribution in [-0.4, -0.2) is 31.6 Å². The predicted octanol–water partition coefficient (Wildman–Crippen LogP) is 1.67. The largest absolute Gasteiger partial charge is 0.469 e. The lowest BCUT2D eigenvalue weighted by atomic mass is 10.1. The van der Waals surface area contributed by atoms with Crippen molar-refractivity contribution >= 4 is 5.97 Å². The molecule has 0 saturated carbocycles. The van der Waals surface area contributed by atoms with E-state index in [-0.39, 0.29) is 11.8 Å². The lowest BCUT2D eigenvalue weighted by Gasteiger charge is -2.18. The van der Waals surface area contributed by atoms with Gasteiger partial charge in [0, 0.05) is 19.5 Å². The van der Waals surface area contributed by atoms with Crippen LogP contribution in [0.15, 0.2) is 18.2 Å². The summed E-state index contributed by atoms with van der Waals surface area (Å²) in [4.78, 5) is 13.0. The summed E-state index contributed by atoms with van der Waals surface area (Å²) in [6.07, 6.45) is 1.12. The molecule has 1 aromatic carbocycles. The third-order valence-electron chi connectivity index (χ3n) is 2.98. The Labute approximate surface area is 113 Å². The van der Waals surface area contributed by atoms with Gasteiger partial charge in [0.15, 0.2) is 0 Å². The van der Waals surface area contributed by atoms with Crippen molar-refractivity contribution < 1.29 is 13.9 Å². The van der Waals surface area contributed by atoms with Crippen molar-refractivity contribution in [2.75, 3.05) is 20.7 Å². The minimum atomic E-state index is -0.254. The zero-order chi connectivity index (χ0) is 14.3. The molecule has 0 unspecified atom stereocenters. The van der Waals surface area contributed by atoms with E-state index in [0.717, 1.165) is 24.1 Å². The first-order valence-corrected chi connectivity index (χ1v) is 6.29. The number of carbonyl (C=O) groups is 1. The van der Waals surface area contributed by atoms with Crippen LogP contribution in [0.3, 0.4) is 0 Å². The first-order valence-electron chi connectivity index (χ1n) is 6.29. The Bertz CT molecular complexity index is 424. The highest BCUT2D eigenvalue weighted by Crippen LogP contribution is 2.13. The maximum atomic E-state index is 13.2. The molecule has 1 aromatic rings. The molecular formula is C14H21FN2O2. The van der Waals surface area contributed by atoms with Gasteiger partial charge in [0.2, 0.25) is 0 Å². The molecule has 0 atom stereocenters. The highest BCUT2D eigenvalue weighted by molar-refractivity contribution is 5.69. The number of benzene rings is 1. The first kappa shape index (κ1) is 15.6. The summed E-state index contributed by atoms with van der Waals surface area (Å²) in [6.45, 7) is 1.76. The minimum absolute atomic E-state index is 0.207. The number of halogens is 1. The second-order valence-electron chi connectivity index (χ2n) is 4.53. The minimum Gasteiger partial charge on any atom is -0.469 e. The molecular weight excluding hydrogens is 247 g/mol. The monoisotopic (exact) mass is 268 g/mol. The smallest absolute Gasteiger partial charge is 0.305 e. The van der Waals surface area contributed by atoms with Gasteiger partial charge in [-0.15, -0.1) is 0 Å². The molecule has 0 spiro atoms. The SMILES string of the molecule is COC(=O)CCCN(C)Cc1cc(F)ccc1CN. The quantitative estimate of drug-likeness (QED) is 0.764. The third-order valence-corrected chi connectivity index (χ3v) is 2.98. The van der Waals surface area contributed by atoms with Crippen molar-refractivity contribution in [3.05, 3.63) is 35.1 Å². The normalized spacial score (nSPS) is 10.8. The number of nitrogens with zero attached hydrogens (tertiary/aromatic N) is 1. The number of ether oxygens (including phenoxy) is 1. The summed E-state index contributed by atoms with van der Waals surface area (Å²) < 4.78 is 17.8. The predicted molar refractivity (Wildman–Crippen MR) is 71.9 cm³/mol. The highest BCUT2D eigenvalue weighted by Gasteiger charge is 2.07.